The van der Waals surface area contributed by atoms with Crippen LogP contribution in [0.5, 0.6) is 17.2 Å². The summed E-state index contributed by atoms with van der Waals surface area (Å²) in [4.78, 5) is 26.4. The maximum absolute atomic E-state index is 12.3. The topological polar surface area (TPSA) is 115 Å². The Morgan fingerprint density at radius 2 is 1.34 bits per heavy atom. The van der Waals surface area contributed by atoms with Crippen molar-refractivity contribution >= 4 is 5.97 Å². The summed E-state index contributed by atoms with van der Waals surface area (Å²) >= 11 is 0. The number of esters is 1. The first kappa shape index (κ1) is 29.5. The summed E-state index contributed by atoms with van der Waals surface area (Å²) in [6, 6.07) is 18.3. The molecule has 4 rings (SSSR count). The summed E-state index contributed by atoms with van der Waals surface area (Å²) in [5.74, 6) is 0.370. The molecule has 1 unspecified atom stereocenters. The first-order valence-corrected chi connectivity index (χ1v) is 14.1. The van der Waals surface area contributed by atoms with Crippen LogP contribution in [0.4, 0.5) is 0 Å². The predicted molar refractivity (Wildman–Crippen MR) is 159 cm³/mol. The standard InChI is InChI=1S/C33H37N3O5/c1-5-7-14-23(6-2)33(39)41-18-17-40-24-19-27(37)29(28(38)20-24)32-35-30(25-15-10-8-12-21(25)3)34-31(36-32)26-16-11-9-13-22(26)4/h8-13,15-16,19-20,23,37-38H,5-7,14,17-18H2,1-4H3. The Bertz CT molecular complexity index is 1420. The highest BCUT2D eigenvalue weighted by Crippen LogP contribution is 2.40. The van der Waals surface area contributed by atoms with Gasteiger partial charge in [0.2, 0.25) is 0 Å². The maximum atomic E-state index is 12.3. The molecular weight excluding hydrogens is 518 g/mol. The van der Waals surface area contributed by atoms with Gasteiger partial charge in [0, 0.05) is 23.3 Å². The number of unbranched alkanes of at least 4 members (excludes halogenated alkanes) is 1. The number of carbonyl (C=O) groups excluding carboxylic acids is 1. The number of rotatable bonds is 12. The fourth-order valence-electron chi connectivity index (χ4n) is 4.63. The van der Waals surface area contributed by atoms with Crippen LogP contribution in [-0.2, 0) is 9.53 Å². The summed E-state index contributed by atoms with van der Waals surface area (Å²) < 4.78 is 11.1. The number of aryl methyl sites for hydroxylation is 2. The van der Waals surface area contributed by atoms with Crippen molar-refractivity contribution in [2.45, 2.75) is 53.4 Å². The summed E-state index contributed by atoms with van der Waals surface area (Å²) in [7, 11) is 0. The van der Waals surface area contributed by atoms with Gasteiger partial charge in [0.15, 0.2) is 17.5 Å². The van der Waals surface area contributed by atoms with Gasteiger partial charge in [0.25, 0.3) is 0 Å². The molecule has 0 spiro atoms. The maximum Gasteiger partial charge on any atom is 0.309 e. The third-order valence-electron chi connectivity index (χ3n) is 7.03. The van der Waals surface area contributed by atoms with Gasteiger partial charge in [-0.1, -0.05) is 75.2 Å². The van der Waals surface area contributed by atoms with E-state index in [0.717, 1.165) is 47.9 Å². The number of phenols is 2. The fourth-order valence-corrected chi connectivity index (χ4v) is 4.63. The number of aromatic nitrogens is 3. The minimum absolute atomic E-state index is 0.0672. The average Bonchev–Trinajstić information content (AvgIpc) is 2.96. The Balaban J connectivity index is 1.59. The Morgan fingerprint density at radius 3 is 1.85 bits per heavy atom. The largest absolute Gasteiger partial charge is 0.507 e. The van der Waals surface area contributed by atoms with E-state index in [-0.39, 0.29) is 53.7 Å². The number of hydrogen-bond acceptors (Lipinski definition) is 8. The summed E-state index contributed by atoms with van der Waals surface area (Å²) in [5, 5.41) is 21.9. The molecule has 0 saturated heterocycles. The van der Waals surface area contributed by atoms with E-state index in [0.29, 0.717) is 11.6 Å². The zero-order chi connectivity index (χ0) is 29.4. The van der Waals surface area contributed by atoms with Crippen LogP contribution in [0.25, 0.3) is 34.2 Å². The molecule has 8 nitrogen and oxygen atoms in total. The molecule has 1 heterocycles. The lowest BCUT2D eigenvalue weighted by Crippen LogP contribution is -2.20. The molecule has 0 aliphatic carbocycles. The zero-order valence-electron chi connectivity index (χ0n) is 24.1. The van der Waals surface area contributed by atoms with Crippen molar-refractivity contribution in [2.24, 2.45) is 5.92 Å². The normalized spacial score (nSPS) is 11.7. The number of nitrogens with zero attached hydrogens (tertiary/aromatic N) is 3. The number of hydrogen-bond donors (Lipinski definition) is 2. The van der Waals surface area contributed by atoms with E-state index in [1.165, 1.54) is 12.1 Å². The summed E-state index contributed by atoms with van der Waals surface area (Å²) in [6.45, 7) is 8.16. The minimum atomic E-state index is -0.250. The fraction of sp³-hybridized carbons (Fsp3) is 0.333. The average molecular weight is 556 g/mol. The number of phenolic OH excluding ortho intramolecular Hbond substituents is 2. The Morgan fingerprint density at radius 1 is 0.805 bits per heavy atom. The molecule has 0 fully saturated rings. The lowest BCUT2D eigenvalue weighted by atomic mass is 10.00. The van der Waals surface area contributed by atoms with Crippen LogP contribution in [0.2, 0.25) is 0 Å². The molecule has 0 radical (unpaired) electrons. The van der Waals surface area contributed by atoms with Crippen LogP contribution in [0.1, 0.15) is 50.7 Å². The first-order valence-electron chi connectivity index (χ1n) is 14.1. The molecule has 0 bridgehead atoms. The molecule has 214 valence electrons. The van der Waals surface area contributed by atoms with Gasteiger partial charge in [0.1, 0.15) is 36.0 Å². The number of aromatic hydroxyl groups is 2. The molecule has 8 heteroatoms. The molecule has 4 aromatic rings. The van der Waals surface area contributed by atoms with Crippen LogP contribution in [0.15, 0.2) is 60.7 Å². The second-order valence-corrected chi connectivity index (χ2v) is 10.0. The van der Waals surface area contributed by atoms with E-state index in [2.05, 4.69) is 16.9 Å². The van der Waals surface area contributed by atoms with Crippen molar-refractivity contribution in [1.82, 2.24) is 15.0 Å². The van der Waals surface area contributed by atoms with E-state index < -0.39 is 0 Å². The third kappa shape index (κ3) is 7.20. The van der Waals surface area contributed by atoms with E-state index in [1.807, 2.05) is 69.3 Å². The minimum Gasteiger partial charge on any atom is -0.507 e. The quantitative estimate of drug-likeness (QED) is 0.141. The molecule has 1 atom stereocenters. The van der Waals surface area contributed by atoms with Crippen LogP contribution in [-0.4, -0.2) is 44.3 Å². The highest BCUT2D eigenvalue weighted by Gasteiger charge is 2.21. The van der Waals surface area contributed by atoms with Gasteiger partial charge >= 0.3 is 5.97 Å². The van der Waals surface area contributed by atoms with E-state index >= 15 is 0 Å². The molecule has 41 heavy (non-hydrogen) atoms. The zero-order valence-corrected chi connectivity index (χ0v) is 24.1. The van der Waals surface area contributed by atoms with Gasteiger partial charge in [0.05, 0.1) is 5.92 Å². The van der Waals surface area contributed by atoms with Crippen LogP contribution < -0.4 is 4.74 Å². The van der Waals surface area contributed by atoms with Crippen LogP contribution in [0.3, 0.4) is 0 Å². The van der Waals surface area contributed by atoms with Crippen LogP contribution in [0, 0.1) is 19.8 Å². The molecule has 0 saturated carbocycles. The molecule has 3 aromatic carbocycles. The van der Waals surface area contributed by atoms with Crippen molar-refractivity contribution in [1.29, 1.82) is 0 Å². The highest BCUT2D eigenvalue weighted by molar-refractivity contribution is 5.76. The van der Waals surface area contributed by atoms with Crippen molar-refractivity contribution in [3.63, 3.8) is 0 Å². The first-order chi connectivity index (χ1) is 19.8. The Hall–Kier alpha value is -4.46. The van der Waals surface area contributed by atoms with E-state index in [4.69, 9.17) is 14.5 Å². The van der Waals surface area contributed by atoms with E-state index in [1.54, 1.807) is 0 Å². The van der Waals surface area contributed by atoms with Crippen molar-refractivity contribution in [2.75, 3.05) is 13.2 Å². The van der Waals surface area contributed by atoms with Gasteiger partial charge in [-0.15, -0.1) is 0 Å². The third-order valence-corrected chi connectivity index (χ3v) is 7.03. The smallest absolute Gasteiger partial charge is 0.309 e. The van der Waals surface area contributed by atoms with Crippen molar-refractivity contribution in [3.8, 4) is 51.4 Å². The Labute approximate surface area is 241 Å². The molecule has 0 aliphatic rings. The van der Waals surface area contributed by atoms with E-state index in [9.17, 15) is 15.0 Å². The molecule has 0 aliphatic heterocycles. The lowest BCUT2D eigenvalue weighted by Gasteiger charge is -2.15. The van der Waals surface area contributed by atoms with Gasteiger partial charge in [-0.25, -0.2) is 15.0 Å². The lowest BCUT2D eigenvalue weighted by molar-refractivity contribution is -0.149. The van der Waals surface area contributed by atoms with Crippen molar-refractivity contribution in [3.05, 3.63) is 71.8 Å². The molecule has 2 N–H and O–H groups in total. The highest BCUT2D eigenvalue weighted by atomic mass is 16.6. The second kappa shape index (κ2) is 13.7. The van der Waals surface area contributed by atoms with Gasteiger partial charge in [-0.05, 0) is 37.8 Å². The molecule has 0 amide bonds. The molecule has 1 aromatic heterocycles. The van der Waals surface area contributed by atoms with Crippen LogP contribution >= 0.6 is 0 Å². The molecular formula is C33H37N3O5. The van der Waals surface area contributed by atoms with Gasteiger partial charge in [-0.3, -0.25) is 4.79 Å². The monoisotopic (exact) mass is 555 g/mol. The predicted octanol–water partition coefficient (Wildman–Crippen LogP) is 7.04. The summed E-state index contributed by atoms with van der Waals surface area (Å²) in [6.07, 6.45) is 3.55. The van der Waals surface area contributed by atoms with Crippen molar-refractivity contribution < 1.29 is 24.5 Å². The number of carbonyl (C=O) groups is 1. The second-order valence-electron chi connectivity index (χ2n) is 10.0. The summed E-state index contributed by atoms with van der Waals surface area (Å²) in [5.41, 5.74) is 3.67. The SMILES string of the molecule is CCCCC(CC)C(=O)OCCOc1cc(O)c(-c2nc(-c3ccccc3C)nc(-c3ccccc3C)n2)c(O)c1. The number of benzene rings is 3. The van der Waals surface area contributed by atoms with Gasteiger partial charge < -0.3 is 19.7 Å². The number of ether oxygens (including phenoxy) is 2. The Kier molecular flexibility index (Phi) is 9.90. The van der Waals surface area contributed by atoms with Gasteiger partial charge in [-0.2, -0.15) is 0 Å².